The second kappa shape index (κ2) is 26.0. The Morgan fingerprint density at radius 3 is 2.19 bits per heavy atom. The molecule has 4 aliphatic rings. The van der Waals surface area contributed by atoms with Crippen LogP contribution in [-0.4, -0.2) is 170 Å². The van der Waals surface area contributed by atoms with E-state index in [2.05, 4.69) is 31.5 Å². The maximum absolute atomic E-state index is 16.1. The number of amides is 7. The van der Waals surface area contributed by atoms with Crippen LogP contribution < -0.4 is 32.1 Å². The molecule has 0 spiro atoms. The fraction of sp³-hybridized carbons (Fsp3) is 0.434. The van der Waals surface area contributed by atoms with Crippen LogP contribution >= 0.6 is 0 Å². The van der Waals surface area contributed by atoms with E-state index in [-0.39, 0.29) is 113 Å². The van der Waals surface area contributed by atoms with Crippen molar-refractivity contribution in [1.29, 1.82) is 0 Å². The number of benzene rings is 2. The lowest BCUT2D eigenvalue weighted by molar-refractivity contribution is -0.172. The predicted molar refractivity (Wildman–Crippen MR) is 273 cm³/mol. The monoisotopic (exact) mass is 1080 g/mol. The van der Waals surface area contributed by atoms with E-state index >= 15 is 4.39 Å². The first-order valence-corrected chi connectivity index (χ1v) is 25.5. The van der Waals surface area contributed by atoms with E-state index < -0.39 is 78.2 Å². The van der Waals surface area contributed by atoms with Crippen molar-refractivity contribution < 1.29 is 71.5 Å². The molecule has 1 unspecified atom stereocenters. The van der Waals surface area contributed by atoms with Crippen molar-refractivity contribution in [3.8, 4) is 11.4 Å². The smallest absolute Gasteiger partial charge is 0.343 e. The number of anilines is 1. The van der Waals surface area contributed by atoms with Crippen LogP contribution in [0.1, 0.15) is 47.6 Å². The number of pyridine rings is 2. The molecule has 0 saturated carbocycles. The number of esters is 1. The maximum Gasteiger partial charge on any atom is 0.343 e. The normalized spacial score (nSPS) is 17.0. The van der Waals surface area contributed by atoms with Crippen LogP contribution in [0.25, 0.3) is 22.3 Å². The van der Waals surface area contributed by atoms with Crippen LogP contribution in [0.2, 0.25) is 0 Å². The fourth-order valence-electron chi connectivity index (χ4n) is 9.25. The molecule has 78 heavy (non-hydrogen) atoms. The average Bonchev–Trinajstić information content (AvgIpc) is 4.01. The summed E-state index contributed by atoms with van der Waals surface area (Å²) in [6, 6.07) is 11.7. The molecular formula is C53H60FN9O15. The molecule has 1 fully saturated rings. The molecule has 24 nitrogen and oxygen atoms in total. The van der Waals surface area contributed by atoms with Crippen molar-refractivity contribution >= 4 is 63.9 Å². The zero-order valence-electron chi connectivity index (χ0n) is 42.8. The number of aromatic nitrogens is 2. The average molecular weight is 1080 g/mol. The quantitative estimate of drug-likeness (QED) is 0.0230. The summed E-state index contributed by atoms with van der Waals surface area (Å²) in [4.78, 5) is 123. The molecule has 6 heterocycles. The SMILES string of the molecule is CC[C@@]1(O)C(=O)OCc2c1cc1n(c2=O)Cc2c-1nc1cc(F)c(NC(=O)CNC(=O)C(Cc3ccccc3)NC(=O)CNC(=O)CNC(=O)CCOCCOCCOCCN3C(=O)C=CC3=O)cc1c2CN1CCOCC1. The van der Waals surface area contributed by atoms with Gasteiger partial charge in [-0.15, -0.1) is 0 Å². The first-order valence-electron chi connectivity index (χ1n) is 25.5. The number of carbonyl (C=O) groups excluding carboxylic acids is 8. The molecule has 0 radical (unpaired) electrons. The van der Waals surface area contributed by atoms with E-state index in [4.69, 9.17) is 28.7 Å². The largest absolute Gasteiger partial charge is 0.458 e. The van der Waals surface area contributed by atoms with Gasteiger partial charge in [-0.05, 0) is 29.7 Å². The van der Waals surface area contributed by atoms with E-state index in [1.165, 1.54) is 22.8 Å². The Hall–Kier alpha value is -7.81. The van der Waals surface area contributed by atoms with Gasteiger partial charge in [-0.3, -0.25) is 48.2 Å². The first-order chi connectivity index (χ1) is 37.6. The Balaban J connectivity index is 0.821. The Morgan fingerprint density at radius 2 is 1.47 bits per heavy atom. The van der Waals surface area contributed by atoms with Gasteiger partial charge in [0.25, 0.3) is 17.4 Å². The third-order valence-corrected chi connectivity index (χ3v) is 13.5. The highest BCUT2D eigenvalue weighted by molar-refractivity contribution is 6.12. The molecule has 2 atom stereocenters. The number of ether oxygens (including phenoxy) is 5. The zero-order valence-corrected chi connectivity index (χ0v) is 42.8. The summed E-state index contributed by atoms with van der Waals surface area (Å²) in [7, 11) is 0. The summed E-state index contributed by atoms with van der Waals surface area (Å²) < 4.78 is 44.5. The predicted octanol–water partition coefficient (Wildman–Crippen LogP) is -0.570. The summed E-state index contributed by atoms with van der Waals surface area (Å²) in [5, 5.41) is 24.3. The minimum absolute atomic E-state index is 0.00447. The fourth-order valence-corrected chi connectivity index (χ4v) is 9.25. The van der Waals surface area contributed by atoms with E-state index in [9.17, 15) is 48.3 Å². The van der Waals surface area contributed by atoms with Gasteiger partial charge < -0.3 is 59.9 Å². The minimum atomic E-state index is -2.04. The lowest BCUT2D eigenvalue weighted by Crippen LogP contribution is -2.52. The van der Waals surface area contributed by atoms with Gasteiger partial charge in [-0.1, -0.05) is 37.3 Å². The van der Waals surface area contributed by atoms with Crippen LogP contribution in [0.15, 0.2) is 65.5 Å². The minimum Gasteiger partial charge on any atom is -0.458 e. The Morgan fingerprint density at radius 1 is 0.808 bits per heavy atom. The van der Waals surface area contributed by atoms with E-state index in [0.29, 0.717) is 66.3 Å². The number of morpholine rings is 1. The standard InChI is InChI=1S/C53H60FN9O15/c1-2-53(73)37-24-42-49-35(30-63(42)51(71)36(37)31-78-52(53)72)34(29-61-11-15-75-16-12-61)33-23-40(38(54)25-39(33)60-49)58-46(67)28-57-50(70)41(22-32-6-4-3-5-7-32)59-45(66)27-56-44(65)26-55-43(64)10-14-74-18-20-77-21-19-76-17-13-62-47(68)8-9-48(62)69/h3-9,23-25,41,73H,2,10-22,26-31H2,1H3,(H,55,64)(H,56,65)(H,57,70)(H,58,67)(H,59,66)/t41?,53-/m0/s1. The summed E-state index contributed by atoms with van der Waals surface area (Å²) in [5.41, 5.74) is 0.591. The number of carbonyl (C=O) groups is 8. The number of nitrogens with one attached hydrogen (secondary N) is 5. The van der Waals surface area contributed by atoms with E-state index in [1.807, 2.05) is 0 Å². The van der Waals surface area contributed by atoms with Crippen LogP contribution in [0.5, 0.6) is 0 Å². The second-order valence-corrected chi connectivity index (χ2v) is 18.6. The molecule has 4 aliphatic heterocycles. The number of hydrogen-bond donors (Lipinski definition) is 6. The second-order valence-electron chi connectivity index (χ2n) is 18.6. The highest BCUT2D eigenvalue weighted by Crippen LogP contribution is 2.41. The number of aliphatic hydroxyl groups is 1. The number of hydrogen-bond acceptors (Lipinski definition) is 17. The first kappa shape index (κ1) is 56.4. The van der Waals surface area contributed by atoms with Crippen LogP contribution in [-0.2, 0) is 93.8 Å². The van der Waals surface area contributed by atoms with Gasteiger partial charge in [0, 0.05) is 67.2 Å². The zero-order chi connectivity index (χ0) is 55.3. The highest BCUT2D eigenvalue weighted by atomic mass is 19.1. The van der Waals surface area contributed by atoms with Gasteiger partial charge in [0.15, 0.2) is 5.60 Å². The van der Waals surface area contributed by atoms with Crippen molar-refractivity contribution in [3.63, 3.8) is 0 Å². The number of imide groups is 1. The topological polar surface area (TPSA) is 304 Å². The summed E-state index contributed by atoms with van der Waals surface area (Å²) in [6.45, 7) is 3.51. The number of rotatable bonds is 26. The van der Waals surface area contributed by atoms with Gasteiger partial charge >= 0.3 is 5.97 Å². The maximum atomic E-state index is 16.1. The van der Waals surface area contributed by atoms with Crippen LogP contribution in [0.4, 0.5) is 10.1 Å². The summed E-state index contributed by atoms with van der Waals surface area (Å²) in [5.74, 6) is -5.91. The van der Waals surface area contributed by atoms with Gasteiger partial charge in [-0.25, -0.2) is 14.2 Å². The number of cyclic esters (lactones) is 1. The third kappa shape index (κ3) is 13.6. The molecule has 2 aromatic carbocycles. The molecule has 0 bridgehead atoms. The molecule has 1 saturated heterocycles. The van der Waals surface area contributed by atoms with Crippen molar-refractivity contribution in [2.75, 3.05) is 97.4 Å². The van der Waals surface area contributed by atoms with Crippen molar-refractivity contribution in [1.82, 2.24) is 40.6 Å². The van der Waals surface area contributed by atoms with Crippen molar-refractivity contribution in [2.24, 2.45) is 0 Å². The van der Waals surface area contributed by atoms with Crippen molar-refractivity contribution in [2.45, 2.75) is 57.5 Å². The van der Waals surface area contributed by atoms with Gasteiger partial charge in [0.2, 0.25) is 29.5 Å². The van der Waals surface area contributed by atoms with Gasteiger partial charge in [0.1, 0.15) is 18.5 Å². The molecular weight excluding hydrogens is 1020 g/mol. The molecule has 25 heteroatoms. The third-order valence-electron chi connectivity index (χ3n) is 13.5. The van der Waals surface area contributed by atoms with Crippen molar-refractivity contribution in [3.05, 3.63) is 105 Å². The number of halogens is 1. The lowest BCUT2D eigenvalue weighted by Gasteiger charge is -2.31. The highest BCUT2D eigenvalue weighted by Gasteiger charge is 2.45. The number of fused-ring (bicyclic) bond motifs is 5. The molecule has 2 aromatic heterocycles. The van der Waals surface area contributed by atoms with E-state index in [0.717, 1.165) is 11.0 Å². The number of nitrogens with zero attached hydrogens (tertiary/aromatic N) is 4. The molecule has 414 valence electrons. The lowest BCUT2D eigenvalue weighted by atomic mass is 9.86. The van der Waals surface area contributed by atoms with Gasteiger partial charge in [0.05, 0.1) is 114 Å². The van der Waals surface area contributed by atoms with Crippen LogP contribution in [0.3, 0.4) is 0 Å². The Labute approximate surface area is 445 Å². The summed E-state index contributed by atoms with van der Waals surface area (Å²) >= 11 is 0. The molecule has 8 rings (SSSR count). The summed E-state index contributed by atoms with van der Waals surface area (Å²) in [6.07, 6.45) is 2.31. The molecule has 4 aromatic rings. The Kier molecular flexibility index (Phi) is 18.8. The van der Waals surface area contributed by atoms with E-state index in [1.54, 1.807) is 43.3 Å². The van der Waals surface area contributed by atoms with Crippen LogP contribution in [0, 0.1) is 5.82 Å². The molecule has 6 N–H and O–H groups in total. The Bertz CT molecular complexity index is 3040. The van der Waals surface area contributed by atoms with Gasteiger partial charge in [-0.2, -0.15) is 0 Å². The molecule has 7 amide bonds. The molecule has 0 aliphatic carbocycles.